The second-order valence-electron chi connectivity index (χ2n) is 7.21. The molecule has 2 unspecified atom stereocenters. The van der Waals surface area contributed by atoms with Crippen LogP contribution >= 0.6 is 24.0 Å². The van der Waals surface area contributed by atoms with Crippen molar-refractivity contribution < 1.29 is 14.3 Å². The van der Waals surface area contributed by atoms with E-state index in [0.29, 0.717) is 25.0 Å². The normalized spacial score (nSPS) is 21.2. The van der Waals surface area contributed by atoms with Crippen LogP contribution in [0.5, 0.6) is 0 Å². The third-order valence-electron chi connectivity index (χ3n) is 4.10. The fourth-order valence-corrected chi connectivity index (χ4v) is 2.98. The number of halogens is 1. The predicted octanol–water partition coefficient (Wildman–Crippen LogP) is 1.37. The van der Waals surface area contributed by atoms with Crippen molar-refractivity contribution >= 4 is 35.8 Å². The van der Waals surface area contributed by atoms with Gasteiger partial charge in [0.05, 0.1) is 19.3 Å². The summed E-state index contributed by atoms with van der Waals surface area (Å²) in [6.45, 7) is 9.48. The highest BCUT2D eigenvalue weighted by molar-refractivity contribution is 14.0. The van der Waals surface area contributed by atoms with Crippen LogP contribution in [0.25, 0.3) is 0 Å². The van der Waals surface area contributed by atoms with Crippen LogP contribution in [-0.2, 0) is 14.3 Å². The molecule has 1 aliphatic heterocycles. The van der Waals surface area contributed by atoms with Crippen molar-refractivity contribution in [1.29, 1.82) is 0 Å². The molecule has 7 nitrogen and oxygen atoms in total. The quantitative estimate of drug-likeness (QED) is 0.227. The lowest BCUT2D eigenvalue weighted by atomic mass is 9.78. The van der Waals surface area contributed by atoms with Gasteiger partial charge in [0.25, 0.3) is 0 Å². The first-order valence-corrected chi connectivity index (χ1v) is 8.70. The van der Waals surface area contributed by atoms with Crippen LogP contribution in [0.15, 0.2) is 4.99 Å². The number of amides is 1. The Bertz CT molecular complexity index is 413. The first-order valence-electron chi connectivity index (χ1n) is 8.70. The number of guanidine groups is 1. The van der Waals surface area contributed by atoms with Crippen LogP contribution in [0.2, 0.25) is 0 Å². The lowest BCUT2D eigenvalue weighted by Gasteiger charge is -2.40. The van der Waals surface area contributed by atoms with E-state index in [1.807, 2.05) is 0 Å². The average molecular weight is 470 g/mol. The van der Waals surface area contributed by atoms with Crippen molar-refractivity contribution in [2.45, 2.75) is 39.7 Å². The van der Waals surface area contributed by atoms with Crippen molar-refractivity contribution in [3.8, 4) is 0 Å². The van der Waals surface area contributed by atoms with Gasteiger partial charge in [-0.3, -0.25) is 9.79 Å². The van der Waals surface area contributed by atoms with E-state index in [1.165, 1.54) is 0 Å². The third kappa shape index (κ3) is 9.60. The summed E-state index contributed by atoms with van der Waals surface area (Å²) < 4.78 is 10.9. The van der Waals surface area contributed by atoms with Gasteiger partial charge in [-0.2, -0.15) is 0 Å². The summed E-state index contributed by atoms with van der Waals surface area (Å²) in [5, 5.41) is 9.12. The first-order chi connectivity index (χ1) is 11.4. The van der Waals surface area contributed by atoms with E-state index in [1.54, 1.807) is 14.2 Å². The van der Waals surface area contributed by atoms with Gasteiger partial charge in [0.15, 0.2) is 5.96 Å². The highest BCUT2D eigenvalue weighted by Crippen LogP contribution is 2.33. The minimum absolute atomic E-state index is 0. The molecule has 0 saturated carbocycles. The number of nitrogens with zero attached hydrogens (tertiary/aromatic N) is 1. The Balaban J connectivity index is 0.00000576. The Morgan fingerprint density at radius 3 is 2.60 bits per heavy atom. The molecule has 0 spiro atoms. The summed E-state index contributed by atoms with van der Waals surface area (Å²) >= 11 is 0. The van der Waals surface area contributed by atoms with Gasteiger partial charge in [-0.25, -0.2) is 0 Å². The van der Waals surface area contributed by atoms with Crippen LogP contribution in [0.3, 0.4) is 0 Å². The summed E-state index contributed by atoms with van der Waals surface area (Å²) in [5.74, 6) is 0.992. The monoisotopic (exact) mass is 470 g/mol. The first kappa shape index (κ1) is 24.4. The second-order valence-corrected chi connectivity index (χ2v) is 7.21. The Hall–Kier alpha value is -0.610. The van der Waals surface area contributed by atoms with Crippen LogP contribution in [-0.4, -0.2) is 65.0 Å². The molecular weight excluding hydrogens is 435 g/mol. The van der Waals surface area contributed by atoms with Crippen molar-refractivity contribution in [2.75, 3.05) is 47.0 Å². The predicted molar refractivity (Wildman–Crippen MR) is 112 cm³/mol. The second kappa shape index (κ2) is 12.7. The SMILES string of the molecule is CN=C(NCC(=O)NCCOC)NCC1CCCOC1C(C)(C)C.I. The Morgan fingerprint density at radius 1 is 1.28 bits per heavy atom. The van der Waals surface area contributed by atoms with Gasteiger partial charge in [0.2, 0.25) is 5.91 Å². The Kier molecular flexibility index (Phi) is 12.4. The van der Waals surface area contributed by atoms with Gasteiger partial charge < -0.3 is 25.4 Å². The van der Waals surface area contributed by atoms with Crippen molar-refractivity contribution in [2.24, 2.45) is 16.3 Å². The average Bonchev–Trinajstić information content (AvgIpc) is 2.54. The zero-order valence-electron chi connectivity index (χ0n) is 16.2. The molecular formula is C17H35IN4O3. The van der Waals surface area contributed by atoms with Gasteiger partial charge in [-0.15, -0.1) is 24.0 Å². The number of ether oxygens (including phenoxy) is 2. The molecule has 3 N–H and O–H groups in total. The van der Waals surface area contributed by atoms with Crippen molar-refractivity contribution in [3.63, 3.8) is 0 Å². The van der Waals surface area contributed by atoms with Crippen LogP contribution in [0.4, 0.5) is 0 Å². The maximum absolute atomic E-state index is 11.7. The number of carbonyl (C=O) groups is 1. The molecule has 0 radical (unpaired) electrons. The van der Waals surface area contributed by atoms with Gasteiger partial charge in [0, 0.05) is 39.8 Å². The highest BCUT2D eigenvalue weighted by Gasteiger charge is 2.35. The van der Waals surface area contributed by atoms with Gasteiger partial charge in [0.1, 0.15) is 0 Å². The Morgan fingerprint density at radius 2 is 2.00 bits per heavy atom. The third-order valence-corrected chi connectivity index (χ3v) is 4.10. The summed E-state index contributed by atoms with van der Waals surface area (Å²) in [5.41, 5.74) is 0.116. The maximum Gasteiger partial charge on any atom is 0.239 e. The molecule has 1 rings (SSSR count). The summed E-state index contributed by atoms with van der Waals surface area (Å²) in [4.78, 5) is 15.9. The van der Waals surface area contributed by atoms with E-state index in [-0.39, 0.29) is 47.9 Å². The molecule has 25 heavy (non-hydrogen) atoms. The molecule has 1 saturated heterocycles. The van der Waals surface area contributed by atoms with Crippen molar-refractivity contribution in [3.05, 3.63) is 0 Å². The van der Waals surface area contributed by atoms with E-state index in [0.717, 1.165) is 26.0 Å². The van der Waals surface area contributed by atoms with E-state index in [9.17, 15) is 4.79 Å². The van der Waals surface area contributed by atoms with Gasteiger partial charge in [-0.1, -0.05) is 20.8 Å². The number of carbonyl (C=O) groups excluding carboxylic acids is 1. The van der Waals surface area contributed by atoms with Gasteiger partial charge in [-0.05, 0) is 18.3 Å². The Labute approximate surface area is 169 Å². The molecule has 148 valence electrons. The largest absolute Gasteiger partial charge is 0.383 e. The van der Waals surface area contributed by atoms with Crippen LogP contribution in [0.1, 0.15) is 33.6 Å². The minimum atomic E-state index is -0.0800. The molecule has 0 aromatic carbocycles. The van der Waals surface area contributed by atoms with E-state index in [4.69, 9.17) is 9.47 Å². The molecule has 0 bridgehead atoms. The molecule has 0 aromatic rings. The summed E-state index contributed by atoms with van der Waals surface area (Å²) in [6, 6.07) is 0. The lowest BCUT2D eigenvalue weighted by Crippen LogP contribution is -2.49. The topological polar surface area (TPSA) is 84.0 Å². The number of methoxy groups -OCH3 is 1. The zero-order valence-corrected chi connectivity index (χ0v) is 18.5. The van der Waals surface area contributed by atoms with Crippen LogP contribution < -0.4 is 16.0 Å². The summed E-state index contributed by atoms with van der Waals surface area (Å²) in [6.07, 6.45) is 2.46. The molecule has 1 amide bonds. The summed E-state index contributed by atoms with van der Waals surface area (Å²) in [7, 11) is 3.31. The van der Waals surface area contributed by atoms with E-state index in [2.05, 4.69) is 41.7 Å². The molecule has 2 atom stereocenters. The molecule has 8 heteroatoms. The van der Waals surface area contributed by atoms with E-state index < -0.39 is 0 Å². The van der Waals surface area contributed by atoms with Crippen LogP contribution in [0, 0.1) is 11.3 Å². The minimum Gasteiger partial charge on any atom is -0.383 e. The smallest absolute Gasteiger partial charge is 0.239 e. The van der Waals surface area contributed by atoms with Crippen molar-refractivity contribution in [1.82, 2.24) is 16.0 Å². The molecule has 0 aromatic heterocycles. The van der Waals surface area contributed by atoms with Gasteiger partial charge >= 0.3 is 0 Å². The number of hydrogen-bond donors (Lipinski definition) is 3. The standard InChI is InChI=1S/C17H34N4O3.HI/c1-17(2,3)15-13(7-6-9-24-15)11-20-16(18-4)21-12-14(22)19-8-10-23-5;/h13,15H,6-12H2,1-5H3,(H,19,22)(H2,18,20,21);1H. The van der Waals surface area contributed by atoms with E-state index >= 15 is 0 Å². The number of rotatable bonds is 7. The lowest BCUT2D eigenvalue weighted by molar-refractivity contribution is -0.120. The molecule has 0 aliphatic carbocycles. The number of aliphatic imine (C=N–C) groups is 1. The molecule has 1 aliphatic rings. The fraction of sp³-hybridized carbons (Fsp3) is 0.882. The number of hydrogen-bond acceptors (Lipinski definition) is 4. The zero-order chi connectivity index (χ0) is 18.0. The molecule has 1 fully saturated rings. The fourth-order valence-electron chi connectivity index (χ4n) is 2.98. The highest BCUT2D eigenvalue weighted by atomic mass is 127. The maximum atomic E-state index is 11.7. The number of nitrogens with one attached hydrogen (secondary N) is 3. The molecule has 1 heterocycles.